The van der Waals surface area contributed by atoms with Gasteiger partial charge in [0.05, 0.1) is 11.7 Å². The highest BCUT2D eigenvalue weighted by Crippen LogP contribution is 2.28. The third-order valence-corrected chi connectivity index (χ3v) is 3.10. The molecule has 3 heteroatoms. The summed E-state index contributed by atoms with van der Waals surface area (Å²) in [5.74, 6) is 0. The van der Waals surface area contributed by atoms with Crippen LogP contribution in [-0.2, 0) is 9.47 Å². The highest BCUT2D eigenvalue weighted by Gasteiger charge is 2.38. The maximum atomic E-state index is 6.12. The van der Waals surface area contributed by atoms with Crippen molar-refractivity contribution in [3.8, 4) is 0 Å². The molecule has 2 fully saturated rings. The van der Waals surface area contributed by atoms with Crippen LogP contribution in [0.2, 0.25) is 0 Å². The Balaban J connectivity index is 1.95. The van der Waals surface area contributed by atoms with Crippen molar-refractivity contribution >= 4 is 0 Å². The number of nitrogens with one attached hydrogen (secondary N) is 1. The second-order valence-corrected chi connectivity index (χ2v) is 4.07. The molecule has 0 saturated carbocycles. The Morgan fingerprint density at radius 1 is 1.38 bits per heavy atom. The van der Waals surface area contributed by atoms with E-state index in [0.717, 1.165) is 45.6 Å². The third-order valence-electron chi connectivity index (χ3n) is 3.10. The highest BCUT2D eigenvalue weighted by molar-refractivity contribution is 4.90. The molecule has 0 aromatic rings. The zero-order valence-electron chi connectivity index (χ0n) is 8.34. The van der Waals surface area contributed by atoms with Crippen LogP contribution < -0.4 is 5.32 Å². The summed E-state index contributed by atoms with van der Waals surface area (Å²) >= 11 is 0. The molecule has 1 atom stereocenters. The summed E-state index contributed by atoms with van der Waals surface area (Å²) in [6.07, 6.45) is 3.62. The standard InChI is InChI=1S/C10H19NO2/c1-2-9-7-11-8-10(13-9)3-5-12-6-4-10/h9,11H,2-8H2,1H3. The van der Waals surface area contributed by atoms with Crippen LogP contribution in [0, 0.1) is 0 Å². The van der Waals surface area contributed by atoms with Crippen LogP contribution in [0.4, 0.5) is 0 Å². The van der Waals surface area contributed by atoms with E-state index in [4.69, 9.17) is 9.47 Å². The summed E-state index contributed by atoms with van der Waals surface area (Å²) in [7, 11) is 0. The Morgan fingerprint density at radius 2 is 2.15 bits per heavy atom. The lowest BCUT2D eigenvalue weighted by Gasteiger charge is -2.43. The lowest BCUT2D eigenvalue weighted by atomic mass is 9.92. The number of ether oxygens (including phenoxy) is 2. The van der Waals surface area contributed by atoms with Crippen LogP contribution in [0.15, 0.2) is 0 Å². The molecule has 1 unspecified atom stereocenters. The quantitative estimate of drug-likeness (QED) is 0.659. The lowest BCUT2D eigenvalue weighted by Crippen LogP contribution is -2.56. The van der Waals surface area contributed by atoms with Gasteiger partial charge in [0.2, 0.25) is 0 Å². The van der Waals surface area contributed by atoms with Crippen LogP contribution in [0.3, 0.4) is 0 Å². The Bertz CT molecular complexity index is 161. The maximum Gasteiger partial charge on any atom is 0.0854 e. The lowest BCUT2D eigenvalue weighted by molar-refractivity contribution is -0.159. The molecule has 0 amide bonds. The first kappa shape index (κ1) is 9.44. The van der Waals surface area contributed by atoms with Crippen molar-refractivity contribution in [3.63, 3.8) is 0 Å². The maximum absolute atomic E-state index is 6.12. The van der Waals surface area contributed by atoms with Gasteiger partial charge >= 0.3 is 0 Å². The molecule has 2 aliphatic rings. The first-order valence-electron chi connectivity index (χ1n) is 5.31. The Labute approximate surface area is 79.8 Å². The van der Waals surface area contributed by atoms with E-state index < -0.39 is 0 Å². The van der Waals surface area contributed by atoms with E-state index >= 15 is 0 Å². The van der Waals surface area contributed by atoms with E-state index in [-0.39, 0.29) is 5.60 Å². The van der Waals surface area contributed by atoms with Gasteiger partial charge in [-0.05, 0) is 6.42 Å². The van der Waals surface area contributed by atoms with Crippen molar-refractivity contribution in [2.75, 3.05) is 26.3 Å². The van der Waals surface area contributed by atoms with E-state index in [9.17, 15) is 0 Å². The molecular weight excluding hydrogens is 166 g/mol. The van der Waals surface area contributed by atoms with Gasteiger partial charge in [0, 0.05) is 39.1 Å². The van der Waals surface area contributed by atoms with Gasteiger partial charge in [0.25, 0.3) is 0 Å². The zero-order valence-corrected chi connectivity index (χ0v) is 8.34. The minimum absolute atomic E-state index is 0.0944. The highest BCUT2D eigenvalue weighted by atomic mass is 16.5. The predicted octanol–water partition coefficient (Wildman–Crippen LogP) is 0.934. The Hall–Kier alpha value is -0.120. The van der Waals surface area contributed by atoms with Crippen molar-refractivity contribution < 1.29 is 9.47 Å². The van der Waals surface area contributed by atoms with Crippen molar-refractivity contribution in [1.29, 1.82) is 0 Å². The molecule has 76 valence electrons. The fourth-order valence-corrected chi connectivity index (χ4v) is 2.16. The Kier molecular flexibility index (Phi) is 2.86. The van der Waals surface area contributed by atoms with E-state index in [1.165, 1.54) is 0 Å². The molecule has 2 saturated heterocycles. The molecular formula is C10H19NO2. The van der Waals surface area contributed by atoms with Crippen molar-refractivity contribution in [1.82, 2.24) is 5.32 Å². The second kappa shape index (κ2) is 3.95. The average Bonchev–Trinajstić information content (AvgIpc) is 2.19. The summed E-state index contributed by atoms with van der Waals surface area (Å²) in [4.78, 5) is 0. The minimum Gasteiger partial charge on any atom is -0.381 e. The van der Waals surface area contributed by atoms with Gasteiger partial charge in [-0.15, -0.1) is 0 Å². The van der Waals surface area contributed by atoms with Gasteiger partial charge in [0.15, 0.2) is 0 Å². The SMILES string of the molecule is CCC1CNCC2(CCOCC2)O1. The fraction of sp³-hybridized carbons (Fsp3) is 1.00. The summed E-state index contributed by atoms with van der Waals surface area (Å²) in [5, 5.41) is 3.47. The van der Waals surface area contributed by atoms with E-state index in [2.05, 4.69) is 12.2 Å². The first-order valence-corrected chi connectivity index (χ1v) is 5.31. The van der Waals surface area contributed by atoms with Crippen LogP contribution in [0.5, 0.6) is 0 Å². The van der Waals surface area contributed by atoms with E-state index in [1.807, 2.05) is 0 Å². The van der Waals surface area contributed by atoms with Crippen LogP contribution in [-0.4, -0.2) is 38.0 Å². The number of morpholine rings is 1. The number of hydrogen-bond acceptors (Lipinski definition) is 3. The molecule has 0 aromatic carbocycles. The largest absolute Gasteiger partial charge is 0.381 e. The molecule has 2 heterocycles. The van der Waals surface area contributed by atoms with E-state index in [0.29, 0.717) is 6.10 Å². The predicted molar refractivity (Wildman–Crippen MR) is 50.8 cm³/mol. The molecule has 3 nitrogen and oxygen atoms in total. The van der Waals surface area contributed by atoms with Gasteiger partial charge in [-0.25, -0.2) is 0 Å². The molecule has 1 spiro atoms. The summed E-state index contributed by atoms with van der Waals surface area (Å²) in [6, 6.07) is 0. The van der Waals surface area contributed by atoms with Crippen molar-refractivity contribution in [2.45, 2.75) is 37.9 Å². The summed E-state index contributed by atoms with van der Waals surface area (Å²) < 4.78 is 11.5. The van der Waals surface area contributed by atoms with Crippen molar-refractivity contribution in [3.05, 3.63) is 0 Å². The van der Waals surface area contributed by atoms with Gasteiger partial charge in [0.1, 0.15) is 0 Å². The Morgan fingerprint density at radius 3 is 2.85 bits per heavy atom. The summed E-state index contributed by atoms with van der Waals surface area (Å²) in [6.45, 7) is 5.92. The topological polar surface area (TPSA) is 30.5 Å². The van der Waals surface area contributed by atoms with E-state index in [1.54, 1.807) is 0 Å². The monoisotopic (exact) mass is 185 g/mol. The van der Waals surface area contributed by atoms with Gasteiger partial charge < -0.3 is 14.8 Å². The van der Waals surface area contributed by atoms with Crippen LogP contribution >= 0.6 is 0 Å². The molecule has 0 radical (unpaired) electrons. The molecule has 0 bridgehead atoms. The normalized spacial score (nSPS) is 33.5. The van der Waals surface area contributed by atoms with Crippen LogP contribution in [0.25, 0.3) is 0 Å². The second-order valence-electron chi connectivity index (χ2n) is 4.07. The fourth-order valence-electron chi connectivity index (χ4n) is 2.16. The van der Waals surface area contributed by atoms with Crippen molar-refractivity contribution in [2.24, 2.45) is 0 Å². The number of rotatable bonds is 1. The van der Waals surface area contributed by atoms with Crippen LogP contribution in [0.1, 0.15) is 26.2 Å². The van der Waals surface area contributed by atoms with Gasteiger partial charge in [-0.3, -0.25) is 0 Å². The molecule has 2 rings (SSSR count). The molecule has 2 aliphatic heterocycles. The smallest absolute Gasteiger partial charge is 0.0854 e. The summed E-state index contributed by atoms with van der Waals surface area (Å²) in [5.41, 5.74) is 0.0944. The van der Waals surface area contributed by atoms with Gasteiger partial charge in [-0.1, -0.05) is 6.92 Å². The number of hydrogen-bond donors (Lipinski definition) is 1. The third kappa shape index (κ3) is 2.03. The average molecular weight is 185 g/mol. The molecule has 0 aliphatic carbocycles. The minimum atomic E-state index is 0.0944. The molecule has 0 aromatic heterocycles. The first-order chi connectivity index (χ1) is 6.35. The zero-order chi connectivity index (χ0) is 9.15. The molecule has 13 heavy (non-hydrogen) atoms. The van der Waals surface area contributed by atoms with Gasteiger partial charge in [-0.2, -0.15) is 0 Å². The molecule has 1 N–H and O–H groups in total.